The third-order valence-electron chi connectivity index (χ3n) is 5.25. The molecule has 0 unspecified atom stereocenters. The van der Waals surface area contributed by atoms with Crippen molar-refractivity contribution in [1.82, 2.24) is 25.4 Å². The van der Waals surface area contributed by atoms with Crippen LogP contribution in [0, 0.1) is 6.92 Å². The number of hydrogen-bond donors (Lipinski definition) is 2. The van der Waals surface area contributed by atoms with E-state index in [0.717, 1.165) is 61.3 Å². The molecule has 0 radical (unpaired) electrons. The van der Waals surface area contributed by atoms with E-state index in [2.05, 4.69) is 55.5 Å². The van der Waals surface area contributed by atoms with Gasteiger partial charge in [-0.1, -0.05) is 18.6 Å². The second-order valence-electron chi connectivity index (χ2n) is 7.50. The fourth-order valence-corrected chi connectivity index (χ4v) is 3.68. The fourth-order valence-electron chi connectivity index (χ4n) is 3.68. The molecular weight excluding hydrogens is 491 g/mol. The largest absolute Gasteiger partial charge is 0.494 e. The zero-order valence-corrected chi connectivity index (χ0v) is 20.7. The van der Waals surface area contributed by atoms with Gasteiger partial charge in [-0.3, -0.25) is 4.99 Å². The molecule has 1 aromatic heterocycles. The average Bonchev–Trinajstić information content (AvgIpc) is 2.94. The van der Waals surface area contributed by atoms with Gasteiger partial charge in [-0.2, -0.15) is 0 Å². The number of aliphatic imine (C=N–C) groups is 1. The summed E-state index contributed by atoms with van der Waals surface area (Å²) >= 11 is 0. The number of fused-ring (bicyclic) bond motifs is 1. The van der Waals surface area contributed by atoms with Gasteiger partial charge in [-0.15, -0.1) is 34.2 Å². The number of halogens is 1. The number of nitrogens with one attached hydrogen (secondary N) is 2. The van der Waals surface area contributed by atoms with Crippen LogP contribution in [0.3, 0.4) is 0 Å². The van der Waals surface area contributed by atoms with Gasteiger partial charge in [0.15, 0.2) is 5.96 Å². The molecule has 0 bridgehead atoms. The van der Waals surface area contributed by atoms with E-state index in [-0.39, 0.29) is 24.0 Å². The Kier molecular flexibility index (Phi) is 10.4. The maximum Gasteiger partial charge on any atom is 0.191 e. The summed E-state index contributed by atoms with van der Waals surface area (Å²) in [6.45, 7) is 7.33. The van der Waals surface area contributed by atoms with Crippen molar-refractivity contribution >= 4 is 29.9 Å². The molecule has 2 aromatic rings. The molecule has 0 amide bonds. The summed E-state index contributed by atoms with van der Waals surface area (Å²) in [4.78, 5) is 4.33. The summed E-state index contributed by atoms with van der Waals surface area (Å²) in [6, 6.07) is 6.30. The van der Waals surface area contributed by atoms with Crippen molar-refractivity contribution in [2.75, 3.05) is 20.2 Å². The highest BCUT2D eigenvalue weighted by Gasteiger charge is 2.14. The fraction of sp³-hybridized carbons (Fsp3) is 0.591. The lowest BCUT2D eigenvalue weighted by molar-refractivity contribution is 0.336. The summed E-state index contributed by atoms with van der Waals surface area (Å²) in [7, 11) is 1.80. The van der Waals surface area contributed by atoms with Crippen molar-refractivity contribution in [1.29, 1.82) is 0 Å². The van der Waals surface area contributed by atoms with Gasteiger partial charge in [0, 0.05) is 45.1 Å². The van der Waals surface area contributed by atoms with Crippen LogP contribution in [0.2, 0.25) is 0 Å². The highest BCUT2D eigenvalue weighted by Crippen LogP contribution is 2.20. The summed E-state index contributed by atoms with van der Waals surface area (Å²) in [5, 5.41) is 15.6. The van der Waals surface area contributed by atoms with Crippen LogP contribution in [0.5, 0.6) is 5.75 Å². The Hall–Kier alpha value is -1.84. The van der Waals surface area contributed by atoms with Crippen molar-refractivity contribution in [3.8, 4) is 5.75 Å². The van der Waals surface area contributed by atoms with Crippen molar-refractivity contribution in [2.24, 2.45) is 4.99 Å². The van der Waals surface area contributed by atoms with E-state index < -0.39 is 0 Å². The van der Waals surface area contributed by atoms with Gasteiger partial charge in [0.25, 0.3) is 0 Å². The van der Waals surface area contributed by atoms with Crippen LogP contribution >= 0.6 is 24.0 Å². The molecule has 2 heterocycles. The van der Waals surface area contributed by atoms with E-state index in [1.54, 1.807) is 7.05 Å². The van der Waals surface area contributed by atoms with E-state index in [1.165, 1.54) is 24.8 Å². The Bertz CT molecular complexity index is 820. The Balaban J connectivity index is 0.00000320. The number of aromatic nitrogens is 3. The standard InChI is InChI=1S/C22H34N6O.HI/c1-4-29-19-15-17(2)11-12-18(19)16-25-22(23-3)24-13-8-10-21-27-26-20-9-6-5-7-14-28(20)21;/h11-12,15H,4-10,13-14,16H2,1-3H3,(H2,23,24,25);1H. The number of guanidine groups is 1. The normalized spacial score (nSPS) is 13.8. The lowest BCUT2D eigenvalue weighted by atomic mass is 10.1. The Labute approximate surface area is 197 Å². The van der Waals surface area contributed by atoms with Gasteiger partial charge >= 0.3 is 0 Å². The predicted molar refractivity (Wildman–Crippen MR) is 132 cm³/mol. The van der Waals surface area contributed by atoms with Crippen molar-refractivity contribution < 1.29 is 4.74 Å². The number of aryl methyl sites for hydroxylation is 3. The molecule has 1 aliphatic rings. The topological polar surface area (TPSA) is 76.4 Å². The maximum atomic E-state index is 5.76. The van der Waals surface area contributed by atoms with E-state index in [1.807, 2.05) is 6.92 Å². The average molecular weight is 526 g/mol. The van der Waals surface area contributed by atoms with Gasteiger partial charge in [0.2, 0.25) is 0 Å². The van der Waals surface area contributed by atoms with Crippen molar-refractivity contribution in [3.05, 3.63) is 41.0 Å². The van der Waals surface area contributed by atoms with E-state index >= 15 is 0 Å². The second-order valence-corrected chi connectivity index (χ2v) is 7.50. The van der Waals surface area contributed by atoms with Gasteiger partial charge in [0.05, 0.1) is 6.61 Å². The molecule has 1 aromatic carbocycles. The summed E-state index contributed by atoms with van der Waals surface area (Å²) in [5.41, 5.74) is 2.33. The van der Waals surface area contributed by atoms with Crippen molar-refractivity contribution in [3.63, 3.8) is 0 Å². The number of nitrogens with zero attached hydrogens (tertiary/aromatic N) is 4. The minimum atomic E-state index is 0. The molecule has 0 fully saturated rings. The molecule has 166 valence electrons. The SMILES string of the molecule is CCOc1cc(C)ccc1CNC(=NC)NCCCc1nnc2n1CCCCC2.I. The number of benzene rings is 1. The first kappa shape index (κ1) is 24.4. The first-order valence-corrected chi connectivity index (χ1v) is 10.8. The van der Waals surface area contributed by atoms with E-state index in [0.29, 0.717) is 13.2 Å². The van der Waals surface area contributed by atoms with Gasteiger partial charge in [-0.25, -0.2) is 0 Å². The Morgan fingerprint density at radius 1 is 1.20 bits per heavy atom. The first-order chi connectivity index (χ1) is 14.2. The molecule has 0 saturated carbocycles. The first-order valence-electron chi connectivity index (χ1n) is 10.8. The molecule has 0 aliphatic carbocycles. The Morgan fingerprint density at radius 2 is 2.07 bits per heavy atom. The van der Waals surface area contributed by atoms with Crippen LogP contribution in [0.15, 0.2) is 23.2 Å². The molecule has 0 spiro atoms. The van der Waals surface area contributed by atoms with E-state index in [4.69, 9.17) is 4.74 Å². The number of rotatable bonds is 8. The summed E-state index contributed by atoms with van der Waals surface area (Å²) in [5.74, 6) is 4.01. The van der Waals surface area contributed by atoms with Gasteiger partial charge < -0.3 is 19.9 Å². The molecule has 7 nitrogen and oxygen atoms in total. The van der Waals surface area contributed by atoms with E-state index in [9.17, 15) is 0 Å². The molecule has 1 aliphatic heterocycles. The molecule has 8 heteroatoms. The highest BCUT2D eigenvalue weighted by atomic mass is 127. The smallest absolute Gasteiger partial charge is 0.191 e. The highest BCUT2D eigenvalue weighted by molar-refractivity contribution is 14.0. The van der Waals surface area contributed by atoms with Crippen LogP contribution in [0.1, 0.15) is 55.4 Å². The lowest BCUT2D eigenvalue weighted by Crippen LogP contribution is -2.37. The zero-order valence-electron chi connectivity index (χ0n) is 18.4. The predicted octanol–water partition coefficient (Wildman–Crippen LogP) is 3.63. The number of hydrogen-bond acceptors (Lipinski definition) is 4. The molecule has 3 rings (SSSR count). The minimum absolute atomic E-state index is 0. The second kappa shape index (κ2) is 12.8. The summed E-state index contributed by atoms with van der Waals surface area (Å²) in [6.07, 6.45) is 6.74. The van der Waals surface area contributed by atoms with Gasteiger partial charge in [0.1, 0.15) is 17.4 Å². The van der Waals surface area contributed by atoms with Crippen LogP contribution in [-0.4, -0.2) is 40.9 Å². The Morgan fingerprint density at radius 3 is 2.87 bits per heavy atom. The molecule has 0 saturated heterocycles. The minimum Gasteiger partial charge on any atom is -0.494 e. The van der Waals surface area contributed by atoms with Gasteiger partial charge in [-0.05, 0) is 44.7 Å². The molecule has 2 N–H and O–H groups in total. The quantitative estimate of drug-likeness (QED) is 0.238. The number of ether oxygens (including phenoxy) is 1. The van der Waals surface area contributed by atoms with Crippen LogP contribution < -0.4 is 15.4 Å². The summed E-state index contributed by atoms with van der Waals surface area (Å²) < 4.78 is 8.09. The van der Waals surface area contributed by atoms with Crippen LogP contribution in [0.25, 0.3) is 0 Å². The van der Waals surface area contributed by atoms with Crippen molar-refractivity contribution in [2.45, 2.75) is 65.5 Å². The van der Waals surface area contributed by atoms with Crippen LogP contribution in [-0.2, 0) is 25.9 Å². The third kappa shape index (κ3) is 6.85. The molecular formula is C22H35IN6O. The molecule has 30 heavy (non-hydrogen) atoms. The maximum absolute atomic E-state index is 5.76. The third-order valence-corrected chi connectivity index (χ3v) is 5.25. The van der Waals surface area contributed by atoms with Crippen LogP contribution in [0.4, 0.5) is 0 Å². The lowest BCUT2D eigenvalue weighted by Gasteiger charge is -2.15. The molecule has 0 atom stereocenters. The monoisotopic (exact) mass is 526 g/mol. The zero-order chi connectivity index (χ0) is 20.5.